The van der Waals surface area contributed by atoms with Crippen molar-refractivity contribution < 1.29 is 18.7 Å². The van der Waals surface area contributed by atoms with Gasteiger partial charge in [0.2, 0.25) is 0 Å². The van der Waals surface area contributed by atoms with Crippen LogP contribution in [0.5, 0.6) is 5.75 Å². The van der Waals surface area contributed by atoms with Crippen LogP contribution >= 0.6 is 0 Å². The highest BCUT2D eigenvalue weighted by Crippen LogP contribution is 2.23. The number of halogens is 1. The Morgan fingerprint density at radius 3 is 2.00 bits per heavy atom. The molecule has 0 unspecified atom stereocenters. The molecule has 0 radical (unpaired) electrons. The summed E-state index contributed by atoms with van der Waals surface area (Å²) in [6, 6.07) is 12.1. The second-order valence-electron chi connectivity index (χ2n) is 7.81. The monoisotopic (exact) mass is 383 g/mol. The normalized spacial score (nSPS) is 20.5. The summed E-state index contributed by atoms with van der Waals surface area (Å²) in [6.45, 7) is 7.62. The first-order valence-electron chi connectivity index (χ1n) is 9.69. The van der Waals surface area contributed by atoms with Crippen LogP contribution < -0.4 is 4.74 Å². The number of ketones is 1. The fourth-order valence-electron chi connectivity index (χ4n) is 3.81. The molecule has 2 aromatic rings. The highest BCUT2D eigenvalue weighted by Gasteiger charge is 2.29. The molecule has 4 nitrogen and oxygen atoms in total. The Balaban J connectivity index is 1.62. The topological polar surface area (TPSA) is 46.6 Å². The van der Waals surface area contributed by atoms with E-state index in [0.29, 0.717) is 28.7 Å². The van der Waals surface area contributed by atoms with Gasteiger partial charge in [-0.1, -0.05) is 13.8 Å². The van der Waals surface area contributed by atoms with Crippen LogP contribution in [-0.2, 0) is 4.79 Å². The second-order valence-corrected chi connectivity index (χ2v) is 7.81. The minimum Gasteiger partial charge on any atom is -0.481 e. The summed E-state index contributed by atoms with van der Waals surface area (Å²) in [6.07, 6.45) is 0.555. The lowest BCUT2D eigenvalue weighted by Gasteiger charge is -2.36. The molecule has 1 aliphatic heterocycles. The number of rotatable bonds is 5. The largest absolute Gasteiger partial charge is 0.481 e. The van der Waals surface area contributed by atoms with Crippen molar-refractivity contribution in [3.05, 3.63) is 65.5 Å². The second kappa shape index (κ2) is 8.55. The predicted octanol–water partition coefficient (Wildman–Crippen LogP) is 4.33. The molecule has 3 rings (SSSR count). The number of piperidine rings is 1. The number of benzene rings is 2. The number of ether oxygens (including phenoxy) is 1. The molecule has 1 fully saturated rings. The zero-order valence-corrected chi connectivity index (χ0v) is 16.5. The Labute approximate surface area is 165 Å². The fraction of sp³-hybridized carbons (Fsp3) is 0.391. The van der Waals surface area contributed by atoms with Gasteiger partial charge in [-0.05, 0) is 73.7 Å². The Morgan fingerprint density at radius 1 is 0.964 bits per heavy atom. The van der Waals surface area contributed by atoms with Crippen molar-refractivity contribution in [2.75, 3.05) is 13.1 Å². The van der Waals surface area contributed by atoms with Gasteiger partial charge in [0, 0.05) is 24.2 Å². The zero-order chi connectivity index (χ0) is 20.3. The van der Waals surface area contributed by atoms with Crippen LogP contribution in [0.1, 0.15) is 43.1 Å². The minimum absolute atomic E-state index is 0.00938. The molecule has 1 aliphatic rings. The summed E-state index contributed by atoms with van der Waals surface area (Å²) in [4.78, 5) is 27.0. The maximum Gasteiger partial charge on any atom is 0.263 e. The van der Waals surface area contributed by atoms with Gasteiger partial charge in [0.25, 0.3) is 5.91 Å². The number of carbonyl (C=O) groups is 2. The van der Waals surface area contributed by atoms with Crippen molar-refractivity contribution in [3.8, 4) is 5.75 Å². The molecule has 0 aliphatic carbocycles. The summed E-state index contributed by atoms with van der Waals surface area (Å²) in [5.41, 5.74) is 0.906. The maximum absolute atomic E-state index is 13.0. The van der Waals surface area contributed by atoms with Crippen LogP contribution in [0, 0.1) is 17.7 Å². The van der Waals surface area contributed by atoms with Gasteiger partial charge in [-0.2, -0.15) is 0 Å². The van der Waals surface area contributed by atoms with E-state index in [0.717, 1.165) is 19.5 Å². The third kappa shape index (κ3) is 4.77. The number of likely N-dealkylation sites (tertiary alicyclic amines) is 1. The summed E-state index contributed by atoms with van der Waals surface area (Å²) >= 11 is 0. The highest BCUT2D eigenvalue weighted by molar-refractivity contribution is 6.09. The smallest absolute Gasteiger partial charge is 0.263 e. The minimum atomic E-state index is -0.587. The summed E-state index contributed by atoms with van der Waals surface area (Å²) in [5.74, 6) is 0.955. The van der Waals surface area contributed by atoms with Crippen molar-refractivity contribution in [2.45, 2.75) is 33.3 Å². The number of nitrogens with zero attached hydrogens (tertiary/aromatic N) is 1. The molecule has 1 amide bonds. The molecular formula is C23H26FNO3. The van der Waals surface area contributed by atoms with Crippen molar-refractivity contribution in [3.63, 3.8) is 0 Å². The van der Waals surface area contributed by atoms with Crippen LogP contribution in [0.15, 0.2) is 48.5 Å². The zero-order valence-electron chi connectivity index (χ0n) is 16.5. The Kier molecular flexibility index (Phi) is 6.12. The molecule has 0 spiro atoms. The lowest BCUT2D eigenvalue weighted by molar-refractivity contribution is -0.140. The van der Waals surface area contributed by atoms with Gasteiger partial charge in [0.05, 0.1) is 0 Å². The number of carbonyl (C=O) groups excluding carboxylic acids is 2. The molecule has 0 bridgehead atoms. The Hall–Kier alpha value is -2.69. The molecule has 5 heteroatoms. The van der Waals surface area contributed by atoms with Gasteiger partial charge in [0.1, 0.15) is 11.6 Å². The Bertz CT molecular complexity index is 822. The van der Waals surface area contributed by atoms with Gasteiger partial charge >= 0.3 is 0 Å². The quantitative estimate of drug-likeness (QED) is 0.722. The highest BCUT2D eigenvalue weighted by atomic mass is 19.1. The van der Waals surface area contributed by atoms with Gasteiger partial charge in [-0.3, -0.25) is 9.59 Å². The van der Waals surface area contributed by atoms with Crippen molar-refractivity contribution in [2.24, 2.45) is 11.8 Å². The average Bonchev–Trinajstić information content (AvgIpc) is 2.67. The first kappa shape index (κ1) is 20.1. The third-order valence-corrected chi connectivity index (χ3v) is 5.06. The van der Waals surface area contributed by atoms with E-state index in [1.165, 1.54) is 24.3 Å². The van der Waals surface area contributed by atoms with E-state index in [-0.39, 0.29) is 17.5 Å². The molecule has 1 heterocycles. The molecule has 3 atom stereocenters. The van der Waals surface area contributed by atoms with Crippen LogP contribution in [-0.4, -0.2) is 35.8 Å². The van der Waals surface area contributed by atoms with Crippen LogP contribution in [0.3, 0.4) is 0 Å². The van der Waals surface area contributed by atoms with Crippen molar-refractivity contribution in [1.29, 1.82) is 0 Å². The molecule has 0 N–H and O–H groups in total. The first-order valence-corrected chi connectivity index (χ1v) is 9.69. The fourth-order valence-corrected chi connectivity index (χ4v) is 3.81. The molecule has 2 aromatic carbocycles. The van der Waals surface area contributed by atoms with E-state index in [2.05, 4.69) is 13.8 Å². The molecule has 0 aromatic heterocycles. The molecule has 28 heavy (non-hydrogen) atoms. The van der Waals surface area contributed by atoms with E-state index in [4.69, 9.17) is 4.74 Å². The van der Waals surface area contributed by atoms with Gasteiger partial charge < -0.3 is 9.64 Å². The molecular weight excluding hydrogens is 357 g/mol. The lowest BCUT2D eigenvalue weighted by Crippen LogP contribution is -2.47. The van der Waals surface area contributed by atoms with Gasteiger partial charge in [0.15, 0.2) is 11.9 Å². The van der Waals surface area contributed by atoms with Gasteiger partial charge in [-0.15, -0.1) is 0 Å². The SMILES string of the molecule is C[C@@H]1C[C@H](C)CN(C(=O)[C@@H](C)Oc2ccc(C(=O)c3ccc(F)cc3)cc2)C1. The third-order valence-electron chi connectivity index (χ3n) is 5.06. The maximum atomic E-state index is 13.0. The van der Waals surface area contributed by atoms with Crippen molar-refractivity contribution >= 4 is 11.7 Å². The molecule has 0 saturated carbocycles. The summed E-state index contributed by atoms with van der Waals surface area (Å²) in [5, 5.41) is 0. The van der Waals surface area contributed by atoms with E-state index in [9.17, 15) is 14.0 Å². The standard InChI is InChI=1S/C23H26FNO3/c1-15-12-16(2)14-25(13-15)23(27)17(3)28-21-10-6-19(7-11-21)22(26)18-4-8-20(24)9-5-18/h4-11,15-17H,12-14H2,1-3H3/t15-,16+,17-/m1/s1. The lowest BCUT2D eigenvalue weighted by atomic mass is 9.91. The first-order chi connectivity index (χ1) is 13.3. The van der Waals surface area contributed by atoms with Crippen LogP contribution in [0.25, 0.3) is 0 Å². The summed E-state index contributed by atoms with van der Waals surface area (Å²) < 4.78 is 18.8. The van der Waals surface area contributed by atoms with E-state index < -0.39 is 6.10 Å². The predicted molar refractivity (Wildman–Crippen MR) is 106 cm³/mol. The number of hydrogen-bond donors (Lipinski definition) is 0. The number of amides is 1. The Morgan fingerprint density at radius 2 is 1.46 bits per heavy atom. The van der Waals surface area contributed by atoms with E-state index in [1.807, 2.05) is 4.90 Å². The molecule has 1 saturated heterocycles. The van der Waals surface area contributed by atoms with Crippen LogP contribution in [0.2, 0.25) is 0 Å². The van der Waals surface area contributed by atoms with Crippen molar-refractivity contribution in [1.82, 2.24) is 4.90 Å². The summed E-state index contributed by atoms with van der Waals surface area (Å²) in [7, 11) is 0. The van der Waals surface area contributed by atoms with Crippen LogP contribution in [0.4, 0.5) is 4.39 Å². The number of hydrogen-bond acceptors (Lipinski definition) is 3. The van der Waals surface area contributed by atoms with Gasteiger partial charge in [-0.25, -0.2) is 4.39 Å². The van der Waals surface area contributed by atoms with E-state index in [1.54, 1.807) is 31.2 Å². The van der Waals surface area contributed by atoms with E-state index >= 15 is 0 Å². The molecule has 148 valence electrons. The average molecular weight is 383 g/mol.